The molecule has 0 unspecified atom stereocenters. The van der Waals surface area contributed by atoms with Crippen LogP contribution >= 0.6 is 11.8 Å². The van der Waals surface area contributed by atoms with Gasteiger partial charge in [-0.15, -0.1) is 0 Å². The largest absolute Gasteiger partial charge is 0.454 e. The van der Waals surface area contributed by atoms with Gasteiger partial charge in [-0.05, 0) is 24.3 Å². The van der Waals surface area contributed by atoms with Crippen LogP contribution in [0.3, 0.4) is 0 Å². The summed E-state index contributed by atoms with van der Waals surface area (Å²) in [6.45, 7) is 0.908. The Morgan fingerprint density at radius 3 is 2.93 bits per heavy atom. The molecule has 3 aromatic rings. The van der Waals surface area contributed by atoms with E-state index in [4.69, 9.17) is 14.2 Å². The van der Waals surface area contributed by atoms with Crippen LogP contribution < -0.4 is 20.3 Å². The fraction of sp³-hybridized carbons (Fsp3) is 0.250. The van der Waals surface area contributed by atoms with Crippen LogP contribution in [-0.2, 0) is 16.1 Å². The number of methoxy groups -OCH3 is 1. The number of anilines is 1. The normalized spacial score (nSPS) is 12.3. The lowest BCUT2D eigenvalue weighted by Gasteiger charge is -2.13. The van der Waals surface area contributed by atoms with Gasteiger partial charge in [0.15, 0.2) is 16.7 Å². The van der Waals surface area contributed by atoms with Crippen LogP contribution in [0.25, 0.3) is 10.9 Å². The highest BCUT2D eigenvalue weighted by molar-refractivity contribution is 7.99. The topological polar surface area (TPSA) is 91.7 Å². The van der Waals surface area contributed by atoms with E-state index in [0.29, 0.717) is 46.4 Å². The molecule has 0 atom stereocenters. The van der Waals surface area contributed by atoms with Crippen LogP contribution in [0.5, 0.6) is 11.5 Å². The number of carbonyl (C=O) groups is 1. The number of hydrogen-bond donors (Lipinski definition) is 1. The minimum Gasteiger partial charge on any atom is -0.454 e. The van der Waals surface area contributed by atoms with Gasteiger partial charge in [-0.1, -0.05) is 23.9 Å². The molecule has 0 fully saturated rings. The van der Waals surface area contributed by atoms with E-state index in [-0.39, 0.29) is 24.0 Å². The van der Waals surface area contributed by atoms with Crippen molar-refractivity contribution in [3.05, 3.63) is 52.8 Å². The predicted octanol–water partition coefficient (Wildman–Crippen LogP) is 2.50. The molecule has 150 valence electrons. The van der Waals surface area contributed by atoms with Gasteiger partial charge in [-0.3, -0.25) is 14.2 Å². The summed E-state index contributed by atoms with van der Waals surface area (Å²) in [5.74, 6) is 1.14. The molecule has 9 heteroatoms. The second-order valence-electron chi connectivity index (χ2n) is 6.27. The maximum Gasteiger partial charge on any atom is 0.262 e. The van der Waals surface area contributed by atoms with E-state index >= 15 is 0 Å². The molecule has 29 heavy (non-hydrogen) atoms. The van der Waals surface area contributed by atoms with Gasteiger partial charge < -0.3 is 19.5 Å². The summed E-state index contributed by atoms with van der Waals surface area (Å²) in [6.07, 6.45) is 0. The number of hydrogen-bond acceptors (Lipinski definition) is 7. The van der Waals surface area contributed by atoms with Gasteiger partial charge in [-0.25, -0.2) is 4.98 Å². The van der Waals surface area contributed by atoms with Crippen molar-refractivity contribution < 1.29 is 19.0 Å². The Morgan fingerprint density at radius 2 is 2.07 bits per heavy atom. The molecule has 1 aliphatic heterocycles. The molecule has 0 radical (unpaired) electrons. The summed E-state index contributed by atoms with van der Waals surface area (Å²) in [7, 11) is 1.57. The SMILES string of the molecule is COCCn1c(SCC(=O)Nc2ccc3c(c2)OCO3)nc2ccccc2c1=O. The van der Waals surface area contributed by atoms with Crippen molar-refractivity contribution in [1.29, 1.82) is 0 Å². The number of fused-ring (bicyclic) bond motifs is 2. The van der Waals surface area contributed by atoms with Crippen molar-refractivity contribution in [2.45, 2.75) is 11.7 Å². The van der Waals surface area contributed by atoms with Crippen molar-refractivity contribution >= 4 is 34.3 Å². The molecule has 0 saturated carbocycles. The van der Waals surface area contributed by atoms with E-state index in [0.717, 1.165) is 0 Å². The van der Waals surface area contributed by atoms with E-state index in [1.165, 1.54) is 11.8 Å². The third-order valence-corrected chi connectivity index (χ3v) is 5.31. The lowest BCUT2D eigenvalue weighted by molar-refractivity contribution is -0.113. The lowest BCUT2D eigenvalue weighted by Crippen LogP contribution is -2.26. The van der Waals surface area contributed by atoms with Crippen molar-refractivity contribution in [2.75, 3.05) is 31.6 Å². The molecule has 1 aromatic heterocycles. The van der Waals surface area contributed by atoms with Gasteiger partial charge in [-0.2, -0.15) is 0 Å². The van der Waals surface area contributed by atoms with E-state index < -0.39 is 0 Å². The Kier molecular flexibility index (Phi) is 5.68. The molecule has 1 N–H and O–H groups in total. The molecule has 2 aromatic carbocycles. The number of rotatable bonds is 7. The van der Waals surface area contributed by atoms with Gasteiger partial charge in [0.05, 0.1) is 29.8 Å². The standard InChI is InChI=1S/C20H19N3O5S/c1-26-9-8-23-19(25)14-4-2-3-5-15(14)22-20(23)29-11-18(24)21-13-6-7-16-17(10-13)28-12-27-16/h2-7,10H,8-9,11-12H2,1H3,(H,21,24). The third kappa shape index (κ3) is 4.20. The maximum absolute atomic E-state index is 12.8. The smallest absolute Gasteiger partial charge is 0.262 e. The summed E-state index contributed by atoms with van der Waals surface area (Å²) in [5, 5.41) is 3.84. The molecule has 4 rings (SSSR count). The van der Waals surface area contributed by atoms with E-state index in [1.807, 2.05) is 6.07 Å². The van der Waals surface area contributed by atoms with Crippen molar-refractivity contribution in [3.63, 3.8) is 0 Å². The molecule has 2 heterocycles. The van der Waals surface area contributed by atoms with Crippen LogP contribution in [0.15, 0.2) is 52.4 Å². The number of carbonyl (C=O) groups excluding carboxylic acids is 1. The minimum atomic E-state index is -0.213. The summed E-state index contributed by atoms with van der Waals surface area (Å²) in [5.41, 5.74) is 1.07. The Labute approximate surface area is 170 Å². The summed E-state index contributed by atoms with van der Waals surface area (Å²) >= 11 is 1.21. The first-order valence-corrected chi connectivity index (χ1v) is 9.95. The summed E-state index contributed by atoms with van der Waals surface area (Å²) in [4.78, 5) is 29.8. The van der Waals surface area contributed by atoms with Gasteiger partial charge >= 0.3 is 0 Å². The zero-order valence-corrected chi connectivity index (χ0v) is 16.5. The first-order valence-electron chi connectivity index (χ1n) is 8.96. The monoisotopic (exact) mass is 413 g/mol. The van der Waals surface area contributed by atoms with Gasteiger partial charge in [0.25, 0.3) is 5.56 Å². The number of ether oxygens (including phenoxy) is 3. The molecule has 0 aliphatic carbocycles. The van der Waals surface area contributed by atoms with E-state index in [1.54, 1.807) is 48.1 Å². The van der Waals surface area contributed by atoms with Crippen LogP contribution in [0.2, 0.25) is 0 Å². The van der Waals surface area contributed by atoms with Crippen LogP contribution in [0.4, 0.5) is 5.69 Å². The number of aromatic nitrogens is 2. The quantitative estimate of drug-likeness (QED) is 0.470. The maximum atomic E-state index is 12.8. The molecule has 0 bridgehead atoms. The minimum absolute atomic E-state index is 0.103. The Bertz CT molecular complexity index is 1110. The van der Waals surface area contributed by atoms with E-state index in [2.05, 4.69) is 10.3 Å². The molecule has 8 nitrogen and oxygen atoms in total. The van der Waals surface area contributed by atoms with Gasteiger partial charge in [0, 0.05) is 18.9 Å². The molecular weight excluding hydrogens is 394 g/mol. The van der Waals surface area contributed by atoms with Crippen molar-refractivity contribution in [2.24, 2.45) is 0 Å². The number of para-hydroxylation sites is 1. The second-order valence-corrected chi connectivity index (χ2v) is 7.21. The molecular formula is C20H19N3O5S. The van der Waals surface area contributed by atoms with Crippen LogP contribution in [0.1, 0.15) is 0 Å². The Balaban J connectivity index is 1.50. The number of thioether (sulfide) groups is 1. The fourth-order valence-corrected chi connectivity index (χ4v) is 3.76. The second kappa shape index (κ2) is 8.54. The lowest BCUT2D eigenvalue weighted by atomic mass is 10.2. The third-order valence-electron chi connectivity index (χ3n) is 4.33. The summed E-state index contributed by atoms with van der Waals surface area (Å²) < 4.78 is 17.2. The average molecular weight is 413 g/mol. The van der Waals surface area contributed by atoms with Gasteiger partial charge in [0.1, 0.15) is 0 Å². The van der Waals surface area contributed by atoms with Crippen LogP contribution in [-0.4, -0.2) is 41.7 Å². The Hall–Kier alpha value is -3.04. The number of nitrogens with one attached hydrogen (secondary N) is 1. The number of amides is 1. The fourth-order valence-electron chi connectivity index (χ4n) is 2.94. The zero-order valence-electron chi connectivity index (χ0n) is 15.7. The first-order chi connectivity index (χ1) is 14.2. The molecule has 1 aliphatic rings. The Morgan fingerprint density at radius 1 is 1.24 bits per heavy atom. The highest BCUT2D eigenvalue weighted by Gasteiger charge is 2.16. The van der Waals surface area contributed by atoms with Crippen LogP contribution in [0, 0.1) is 0 Å². The van der Waals surface area contributed by atoms with Crippen molar-refractivity contribution in [1.82, 2.24) is 9.55 Å². The number of nitrogens with zero attached hydrogens (tertiary/aromatic N) is 2. The molecule has 0 spiro atoms. The van der Waals surface area contributed by atoms with Crippen molar-refractivity contribution in [3.8, 4) is 11.5 Å². The zero-order chi connectivity index (χ0) is 20.2. The highest BCUT2D eigenvalue weighted by Crippen LogP contribution is 2.34. The summed E-state index contributed by atoms with van der Waals surface area (Å²) in [6, 6.07) is 12.4. The highest BCUT2D eigenvalue weighted by atomic mass is 32.2. The number of benzene rings is 2. The average Bonchev–Trinajstić information content (AvgIpc) is 3.20. The van der Waals surface area contributed by atoms with Gasteiger partial charge in [0.2, 0.25) is 12.7 Å². The molecule has 1 amide bonds. The molecule has 0 saturated heterocycles. The first kappa shape index (κ1) is 19.3. The van der Waals surface area contributed by atoms with E-state index in [9.17, 15) is 9.59 Å². The predicted molar refractivity (Wildman–Crippen MR) is 110 cm³/mol.